The van der Waals surface area contributed by atoms with Gasteiger partial charge >= 0.3 is 24.6 Å². The number of alkyl halides is 9. The fourth-order valence-electron chi connectivity index (χ4n) is 4.04. The Balaban J connectivity index is 1.92. The predicted molar refractivity (Wildman–Crippen MR) is 115 cm³/mol. The quantitative estimate of drug-likeness (QED) is 0.500. The van der Waals surface area contributed by atoms with Gasteiger partial charge in [-0.15, -0.1) is 0 Å². The summed E-state index contributed by atoms with van der Waals surface area (Å²) in [5, 5.41) is 9.35. The predicted octanol–water partition coefficient (Wildman–Crippen LogP) is 5.57. The van der Waals surface area contributed by atoms with Gasteiger partial charge in [-0.2, -0.15) is 39.5 Å². The Morgan fingerprint density at radius 2 is 1.34 bits per heavy atom. The number of likely N-dealkylation sites (N-methyl/N-ethyl adjacent to an activating group) is 1. The minimum atomic E-state index is -5.09. The van der Waals surface area contributed by atoms with Crippen LogP contribution in [0.5, 0.6) is 0 Å². The van der Waals surface area contributed by atoms with E-state index >= 15 is 0 Å². The smallest absolute Gasteiger partial charge is 0.416 e. The number of carboxylic acid groups (broad SMARTS) is 1. The Morgan fingerprint density at radius 3 is 1.79 bits per heavy atom. The van der Waals surface area contributed by atoms with Gasteiger partial charge in [0.15, 0.2) is 0 Å². The van der Waals surface area contributed by atoms with Crippen molar-refractivity contribution in [2.45, 2.75) is 31.1 Å². The number of carbonyl (C=O) groups is 2. The molecule has 2 aromatic carbocycles. The number of benzene rings is 2. The highest BCUT2D eigenvalue weighted by Crippen LogP contribution is 2.37. The number of anilines is 1. The van der Waals surface area contributed by atoms with Gasteiger partial charge in [-0.05, 0) is 48.0 Å². The van der Waals surface area contributed by atoms with Crippen molar-refractivity contribution >= 4 is 17.7 Å². The maximum Gasteiger partial charge on any atom is 0.416 e. The fraction of sp³-hybridized carbons (Fsp3) is 0.391. The molecule has 15 heteroatoms. The summed E-state index contributed by atoms with van der Waals surface area (Å²) in [6.07, 6.45) is -16.2. The highest BCUT2D eigenvalue weighted by atomic mass is 19.4. The number of amides is 2. The molecule has 1 saturated heterocycles. The molecule has 2 amide bonds. The molecule has 6 nitrogen and oxygen atoms in total. The molecule has 0 bridgehead atoms. The second-order valence-electron chi connectivity index (χ2n) is 8.59. The van der Waals surface area contributed by atoms with Crippen molar-refractivity contribution in [3.05, 3.63) is 64.7 Å². The molecule has 1 fully saturated rings. The molecule has 208 valence electrons. The molecule has 0 aliphatic carbocycles. The first kappa shape index (κ1) is 28.9. The monoisotopic (exact) mass is 557 g/mol. The van der Waals surface area contributed by atoms with Gasteiger partial charge in [0, 0.05) is 32.4 Å². The first-order chi connectivity index (χ1) is 17.4. The normalized spacial score (nSPS) is 16.9. The SMILES string of the molecule is CN(Cc1cc(C(F)(F)F)cc(C(F)(F)F)c1)C(=O)C1CN(C(=O)O)CCN1c1ccc(C(F)(F)F)cc1. The second kappa shape index (κ2) is 10.3. The maximum absolute atomic E-state index is 13.3. The Morgan fingerprint density at radius 1 is 0.842 bits per heavy atom. The lowest BCUT2D eigenvalue weighted by atomic mass is 10.0. The van der Waals surface area contributed by atoms with Crippen LogP contribution in [-0.4, -0.2) is 59.6 Å². The summed E-state index contributed by atoms with van der Waals surface area (Å²) in [5.74, 6) is -0.859. The van der Waals surface area contributed by atoms with Gasteiger partial charge in [0.2, 0.25) is 5.91 Å². The van der Waals surface area contributed by atoms with Crippen LogP contribution in [0.25, 0.3) is 0 Å². The minimum Gasteiger partial charge on any atom is -0.465 e. The van der Waals surface area contributed by atoms with Gasteiger partial charge in [0.05, 0.1) is 23.2 Å². The van der Waals surface area contributed by atoms with Crippen LogP contribution in [0.4, 0.5) is 50.0 Å². The summed E-state index contributed by atoms with van der Waals surface area (Å²) in [5.41, 5.74) is -4.42. The molecule has 1 N–H and O–H groups in total. The number of nitrogens with zero attached hydrogens (tertiary/aromatic N) is 3. The van der Waals surface area contributed by atoms with Crippen LogP contribution in [0.3, 0.4) is 0 Å². The van der Waals surface area contributed by atoms with Crippen molar-refractivity contribution in [2.24, 2.45) is 0 Å². The zero-order valence-corrected chi connectivity index (χ0v) is 19.5. The zero-order valence-electron chi connectivity index (χ0n) is 19.5. The molecule has 1 atom stereocenters. The van der Waals surface area contributed by atoms with Crippen LogP contribution in [0, 0.1) is 0 Å². The molecular weight excluding hydrogens is 537 g/mol. The van der Waals surface area contributed by atoms with E-state index in [4.69, 9.17) is 0 Å². The summed E-state index contributed by atoms with van der Waals surface area (Å²) in [4.78, 5) is 27.8. The average Bonchev–Trinajstić information content (AvgIpc) is 2.81. The summed E-state index contributed by atoms with van der Waals surface area (Å²) >= 11 is 0. The summed E-state index contributed by atoms with van der Waals surface area (Å²) < 4.78 is 118. The van der Waals surface area contributed by atoms with Crippen molar-refractivity contribution in [3.8, 4) is 0 Å². The van der Waals surface area contributed by atoms with Crippen molar-refractivity contribution in [2.75, 3.05) is 31.6 Å². The number of halogens is 9. The lowest BCUT2D eigenvalue weighted by molar-refractivity contribution is -0.143. The highest BCUT2D eigenvalue weighted by molar-refractivity contribution is 5.86. The summed E-state index contributed by atoms with van der Waals surface area (Å²) in [7, 11) is 1.11. The Labute approximate surface area is 209 Å². The number of hydrogen-bond acceptors (Lipinski definition) is 3. The van der Waals surface area contributed by atoms with Gasteiger partial charge in [-0.3, -0.25) is 4.79 Å². The Hall–Kier alpha value is -3.65. The summed E-state index contributed by atoms with van der Waals surface area (Å²) in [6.45, 7) is -1.33. The summed E-state index contributed by atoms with van der Waals surface area (Å²) in [6, 6.07) is 3.29. The van der Waals surface area contributed by atoms with Crippen LogP contribution in [-0.2, 0) is 29.9 Å². The van der Waals surface area contributed by atoms with E-state index in [9.17, 15) is 54.2 Å². The zero-order chi connectivity index (χ0) is 28.6. The van der Waals surface area contributed by atoms with Crippen LogP contribution in [0.15, 0.2) is 42.5 Å². The van der Waals surface area contributed by atoms with E-state index in [2.05, 4.69) is 0 Å². The van der Waals surface area contributed by atoms with E-state index in [1.54, 1.807) is 0 Å². The van der Waals surface area contributed by atoms with Gasteiger partial charge in [0.1, 0.15) is 6.04 Å². The molecule has 1 aliphatic heterocycles. The average molecular weight is 557 g/mol. The van der Waals surface area contributed by atoms with Crippen molar-refractivity contribution in [1.29, 1.82) is 0 Å². The van der Waals surface area contributed by atoms with Gasteiger partial charge in [-0.25, -0.2) is 4.79 Å². The van der Waals surface area contributed by atoms with E-state index < -0.39 is 71.9 Å². The molecule has 38 heavy (non-hydrogen) atoms. The standard InChI is InChI=1S/C23H20F9N3O3/c1-33(11-13-8-15(22(27,28)29)10-16(9-13)23(30,31)32)19(36)18-12-34(20(37)38)6-7-35(18)17-4-2-14(3-5-17)21(24,25)26/h2-5,8-10,18H,6-7,11-12H2,1H3,(H,37,38). The lowest BCUT2D eigenvalue weighted by Gasteiger charge is -2.42. The molecule has 3 rings (SSSR count). The number of carbonyl (C=O) groups excluding carboxylic acids is 1. The van der Waals surface area contributed by atoms with Crippen molar-refractivity contribution < 1.29 is 54.2 Å². The van der Waals surface area contributed by atoms with E-state index in [0.717, 1.165) is 41.1 Å². The molecular formula is C23H20F9N3O3. The topological polar surface area (TPSA) is 64.1 Å². The van der Waals surface area contributed by atoms with Crippen LogP contribution < -0.4 is 4.90 Å². The number of piperazine rings is 1. The lowest BCUT2D eigenvalue weighted by Crippen LogP contribution is -2.60. The van der Waals surface area contributed by atoms with E-state index in [-0.39, 0.29) is 24.8 Å². The molecule has 0 spiro atoms. The number of rotatable bonds is 4. The third-order valence-corrected chi connectivity index (χ3v) is 5.91. The minimum absolute atomic E-state index is 0.0520. The molecule has 1 heterocycles. The Kier molecular flexibility index (Phi) is 7.80. The van der Waals surface area contributed by atoms with Gasteiger partial charge in [0.25, 0.3) is 0 Å². The molecule has 1 unspecified atom stereocenters. The first-order valence-electron chi connectivity index (χ1n) is 10.8. The van der Waals surface area contributed by atoms with Crippen molar-refractivity contribution in [3.63, 3.8) is 0 Å². The molecule has 0 saturated carbocycles. The Bertz CT molecular complexity index is 1150. The first-order valence-corrected chi connectivity index (χ1v) is 10.8. The van der Waals surface area contributed by atoms with E-state index in [1.165, 1.54) is 4.90 Å². The largest absolute Gasteiger partial charge is 0.465 e. The van der Waals surface area contributed by atoms with E-state index in [0.29, 0.717) is 12.1 Å². The maximum atomic E-state index is 13.3. The molecule has 1 aliphatic rings. The van der Waals surface area contributed by atoms with Gasteiger partial charge in [-0.1, -0.05) is 0 Å². The van der Waals surface area contributed by atoms with Gasteiger partial charge < -0.3 is 19.8 Å². The number of hydrogen-bond donors (Lipinski definition) is 1. The van der Waals surface area contributed by atoms with Crippen LogP contribution >= 0.6 is 0 Å². The third-order valence-electron chi connectivity index (χ3n) is 5.91. The van der Waals surface area contributed by atoms with Crippen molar-refractivity contribution in [1.82, 2.24) is 9.80 Å². The molecule has 0 aromatic heterocycles. The molecule has 0 radical (unpaired) electrons. The van der Waals surface area contributed by atoms with Crippen LogP contribution in [0.1, 0.15) is 22.3 Å². The van der Waals surface area contributed by atoms with E-state index in [1.807, 2.05) is 0 Å². The highest BCUT2D eigenvalue weighted by Gasteiger charge is 2.39. The third kappa shape index (κ3) is 6.61. The van der Waals surface area contributed by atoms with Crippen LogP contribution in [0.2, 0.25) is 0 Å². The second-order valence-corrected chi connectivity index (χ2v) is 8.59. The fourth-order valence-corrected chi connectivity index (χ4v) is 4.04. The molecule has 2 aromatic rings.